The number of piperidine rings is 1. The smallest absolute Gasteiger partial charge is 0.415 e. The van der Waals surface area contributed by atoms with Gasteiger partial charge in [-0.3, -0.25) is 14.6 Å². The van der Waals surface area contributed by atoms with Crippen LogP contribution >= 0.6 is 0 Å². The van der Waals surface area contributed by atoms with Crippen LogP contribution in [0.25, 0.3) is 0 Å². The van der Waals surface area contributed by atoms with Gasteiger partial charge in [0, 0.05) is 44.5 Å². The van der Waals surface area contributed by atoms with Crippen LogP contribution in [0, 0.1) is 5.92 Å². The first-order chi connectivity index (χ1) is 15.9. The molecule has 9 heteroatoms. The van der Waals surface area contributed by atoms with E-state index in [1.807, 2.05) is 12.1 Å². The fourth-order valence-electron chi connectivity index (χ4n) is 4.32. The highest BCUT2D eigenvalue weighted by molar-refractivity contribution is 5.89. The van der Waals surface area contributed by atoms with Crippen LogP contribution in [0.3, 0.4) is 0 Å². The summed E-state index contributed by atoms with van der Waals surface area (Å²) in [7, 11) is 0. The van der Waals surface area contributed by atoms with E-state index >= 15 is 0 Å². The number of amides is 2. The van der Waals surface area contributed by atoms with Crippen molar-refractivity contribution >= 4 is 29.5 Å². The van der Waals surface area contributed by atoms with E-state index in [1.54, 1.807) is 17.2 Å². The van der Waals surface area contributed by atoms with Crippen LogP contribution in [0.5, 0.6) is 0 Å². The number of rotatable bonds is 7. The lowest BCUT2D eigenvalue weighted by Crippen LogP contribution is -2.39. The molecule has 0 bridgehead atoms. The van der Waals surface area contributed by atoms with Crippen molar-refractivity contribution in [3.63, 3.8) is 0 Å². The molecule has 9 nitrogen and oxygen atoms in total. The third-order valence-electron chi connectivity index (χ3n) is 6.16. The molecule has 2 amide bonds. The monoisotopic (exact) mass is 452 g/mol. The molecule has 1 atom stereocenters. The fraction of sp³-hybridized carbons (Fsp3) is 0.500. The van der Waals surface area contributed by atoms with Gasteiger partial charge in [0.2, 0.25) is 11.9 Å². The van der Waals surface area contributed by atoms with Crippen molar-refractivity contribution in [1.82, 2.24) is 14.9 Å². The highest BCUT2D eigenvalue weighted by Gasteiger charge is 2.37. The van der Waals surface area contributed by atoms with Crippen LogP contribution < -0.4 is 15.5 Å². The van der Waals surface area contributed by atoms with Crippen LogP contribution in [0.15, 0.2) is 36.5 Å². The molecule has 2 aliphatic heterocycles. The number of cyclic esters (lactones) is 1. The van der Waals surface area contributed by atoms with Crippen molar-refractivity contribution in [2.75, 3.05) is 35.2 Å². The number of aromatic nitrogens is 2. The number of ether oxygens (including phenoxy) is 1. The maximum atomic E-state index is 12.2. The number of carbonyl (C=O) groups is 2. The van der Waals surface area contributed by atoms with Gasteiger partial charge < -0.3 is 15.4 Å². The minimum absolute atomic E-state index is 0.0178. The van der Waals surface area contributed by atoms with Gasteiger partial charge >= 0.3 is 6.09 Å². The number of hydrogen-bond acceptors (Lipinski definition) is 7. The number of nitrogens with zero attached hydrogens (tertiary/aromatic N) is 4. The van der Waals surface area contributed by atoms with E-state index in [9.17, 15) is 9.59 Å². The molecule has 0 saturated carbocycles. The Morgan fingerprint density at radius 2 is 1.91 bits per heavy atom. The Bertz CT molecular complexity index is 972. The van der Waals surface area contributed by atoms with Gasteiger partial charge in [-0.05, 0) is 42.5 Å². The predicted octanol–water partition coefficient (Wildman–Crippen LogP) is 3.49. The first-order valence-electron chi connectivity index (χ1n) is 11.5. The zero-order valence-electron chi connectivity index (χ0n) is 19.5. The van der Waals surface area contributed by atoms with Crippen LogP contribution in [-0.4, -0.2) is 58.6 Å². The predicted molar refractivity (Wildman–Crippen MR) is 127 cm³/mol. The van der Waals surface area contributed by atoms with Crippen molar-refractivity contribution in [2.24, 2.45) is 5.92 Å². The summed E-state index contributed by atoms with van der Waals surface area (Å²) in [6.07, 6.45) is 3.31. The van der Waals surface area contributed by atoms with Gasteiger partial charge in [0.25, 0.3) is 0 Å². The average molecular weight is 453 g/mol. The normalized spacial score (nSPS) is 19.6. The third kappa shape index (κ3) is 5.78. The molecular formula is C24H32N6O3. The second-order valence-electron chi connectivity index (χ2n) is 9.07. The number of likely N-dealkylation sites (tertiary alicyclic amines) is 1. The van der Waals surface area contributed by atoms with E-state index in [2.05, 4.69) is 51.5 Å². The number of carbonyl (C=O) groups excluding carboxylic acids is 2. The molecule has 0 aliphatic carbocycles. The van der Waals surface area contributed by atoms with E-state index in [0.29, 0.717) is 18.4 Å². The zero-order chi connectivity index (χ0) is 23.4. The van der Waals surface area contributed by atoms with E-state index in [4.69, 9.17) is 4.74 Å². The van der Waals surface area contributed by atoms with Gasteiger partial charge in [-0.1, -0.05) is 26.0 Å². The SMILES string of the molecule is CC(=O)Nc1ccc(CN2CCC(Nc3nccc(N4C(=O)OC[C@@H]4C(C)C)n3)CC2)cc1. The summed E-state index contributed by atoms with van der Waals surface area (Å²) in [4.78, 5) is 36.4. The molecule has 33 heavy (non-hydrogen) atoms. The molecule has 1 aromatic heterocycles. The Morgan fingerprint density at radius 1 is 1.18 bits per heavy atom. The first kappa shape index (κ1) is 23.0. The number of nitrogens with one attached hydrogen (secondary N) is 2. The maximum Gasteiger partial charge on any atom is 0.415 e. The fourth-order valence-corrected chi connectivity index (χ4v) is 4.32. The molecule has 0 radical (unpaired) electrons. The van der Waals surface area contributed by atoms with Gasteiger partial charge in [0.05, 0.1) is 6.04 Å². The molecular weight excluding hydrogens is 420 g/mol. The van der Waals surface area contributed by atoms with Gasteiger partial charge in [0.15, 0.2) is 0 Å². The number of benzene rings is 1. The Balaban J connectivity index is 1.30. The van der Waals surface area contributed by atoms with Gasteiger partial charge in [-0.25, -0.2) is 9.78 Å². The lowest BCUT2D eigenvalue weighted by Gasteiger charge is -2.32. The summed E-state index contributed by atoms with van der Waals surface area (Å²) in [6.45, 7) is 8.87. The van der Waals surface area contributed by atoms with Crippen molar-refractivity contribution in [1.29, 1.82) is 0 Å². The molecule has 2 aliphatic rings. The van der Waals surface area contributed by atoms with Crippen molar-refractivity contribution in [2.45, 2.75) is 52.2 Å². The highest BCUT2D eigenvalue weighted by atomic mass is 16.6. The topological polar surface area (TPSA) is 99.7 Å². The van der Waals surface area contributed by atoms with Crippen molar-refractivity contribution in [3.05, 3.63) is 42.1 Å². The summed E-state index contributed by atoms with van der Waals surface area (Å²) in [6, 6.07) is 10.0. The first-order valence-corrected chi connectivity index (χ1v) is 11.5. The zero-order valence-corrected chi connectivity index (χ0v) is 19.5. The lowest BCUT2D eigenvalue weighted by atomic mass is 10.0. The second-order valence-corrected chi connectivity index (χ2v) is 9.07. The molecule has 1 aromatic carbocycles. The summed E-state index contributed by atoms with van der Waals surface area (Å²) >= 11 is 0. The average Bonchev–Trinajstić information content (AvgIpc) is 3.18. The summed E-state index contributed by atoms with van der Waals surface area (Å²) in [5.41, 5.74) is 2.04. The quantitative estimate of drug-likeness (QED) is 0.663. The van der Waals surface area contributed by atoms with E-state index in [0.717, 1.165) is 38.2 Å². The lowest BCUT2D eigenvalue weighted by molar-refractivity contribution is -0.114. The molecule has 176 valence electrons. The Kier molecular flexibility index (Phi) is 7.08. The van der Waals surface area contributed by atoms with E-state index in [-0.39, 0.29) is 30.0 Å². The summed E-state index contributed by atoms with van der Waals surface area (Å²) in [5, 5.41) is 6.24. The van der Waals surface area contributed by atoms with Gasteiger partial charge in [0.1, 0.15) is 12.4 Å². The largest absolute Gasteiger partial charge is 0.447 e. The molecule has 0 unspecified atom stereocenters. The van der Waals surface area contributed by atoms with E-state index < -0.39 is 0 Å². The molecule has 2 saturated heterocycles. The van der Waals surface area contributed by atoms with Crippen LogP contribution in [0.4, 0.5) is 22.2 Å². The highest BCUT2D eigenvalue weighted by Crippen LogP contribution is 2.26. The van der Waals surface area contributed by atoms with Gasteiger partial charge in [-0.2, -0.15) is 4.98 Å². The van der Waals surface area contributed by atoms with Crippen molar-refractivity contribution in [3.8, 4) is 0 Å². The molecule has 4 rings (SSSR count). The Morgan fingerprint density at radius 3 is 2.58 bits per heavy atom. The molecule has 3 heterocycles. The number of anilines is 3. The van der Waals surface area contributed by atoms with Crippen LogP contribution in [0.1, 0.15) is 39.2 Å². The van der Waals surface area contributed by atoms with Crippen molar-refractivity contribution < 1.29 is 14.3 Å². The third-order valence-corrected chi connectivity index (χ3v) is 6.16. The van der Waals surface area contributed by atoms with Crippen LogP contribution in [-0.2, 0) is 16.1 Å². The Hall–Kier alpha value is -3.20. The molecule has 2 aromatic rings. The maximum absolute atomic E-state index is 12.2. The second kappa shape index (κ2) is 10.2. The molecule has 2 N–H and O–H groups in total. The molecule has 0 spiro atoms. The summed E-state index contributed by atoms with van der Waals surface area (Å²) < 4.78 is 5.25. The van der Waals surface area contributed by atoms with Crippen LogP contribution in [0.2, 0.25) is 0 Å². The van der Waals surface area contributed by atoms with Gasteiger partial charge in [-0.15, -0.1) is 0 Å². The number of hydrogen-bond donors (Lipinski definition) is 2. The molecule has 2 fully saturated rings. The standard InChI is InChI=1S/C24H32N6O3/c1-16(2)21-15-33-24(32)30(21)22-8-11-25-23(28-22)27-20-9-12-29(13-10-20)14-18-4-6-19(7-5-18)26-17(3)31/h4-8,11,16,20-21H,9-10,12-15H2,1-3H3,(H,26,31)(H,25,27,28)/t21-/m1/s1. The Labute approximate surface area is 194 Å². The van der Waals surface area contributed by atoms with E-state index in [1.165, 1.54) is 12.5 Å². The minimum Gasteiger partial charge on any atom is -0.447 e. The summed E-state index contributed by atoms with van der Waals surface area (Å²) in [5.74, 6) is 1.33. The minimum atomic E-state index is -0.350.